The Kier molecular flexibility index (Phi) is 5.21. The Hall–Kier alpha value is -2.20. The fourth-order valence-corrected chi connectivity index (χ4v) is 1.61. The van der Waals surface area contributed by atoms with Crippen LogP contribution in [-0.2, 0) is 0 Å². The van der Waals surface area contributed by atoms with E-state index in [0.717, 1.165) is 12.1 Å². The highest BCUT2D eigenvalue weighted by Gasteiger charge is 2.18. The van der Waals surface area contributed by atoms with E-state index in [1.807, 2.05) is 11.5 Å². The summed E-state index contributed by atoms with van der Waals surface area (Å²) >= 11 is 0. The molecule has 0 aromatic heterocycles. The Balaban J connectivity index is 3.02. The quantitative estimate of drug-likeness (QED) is 0.628. The summed E-state index contributed by atoms with van der Waals surface area (Å²) in [5, 5.41) is 8.49. The number of nitrogens with one attached hydrogen (secondary N) is 1. The van der Waals surface area contributed by atoms with Crippen molar-refractivity contribution in [2.75, 3.05) is 18.5 Å². The normalized spacial score (nSPS) is 9.84. The Morgan fingerprint density at radius 1 is 1.47 bits per heavy atom. The van der Waals surface area contributed by atoms with Crippen LogP contribution in [0.2, 0.25) is 0 Å². The fraction of sp³-hybridized carbons (Fsp3) is 0.333. The van der Waals surface area contributed by atoms with Gasteiger partial charge in [0.15, 0.2) is 11.6 Å². The van der Waals surface area contributed by atoms with Crippen LogP contribution >= 0.6 is 0 Å². The summed E-state index contributed by atoms with van der Waals surface area (Å²) in [5.41, 5.74) is 1.28. The van der Waals surface area contributed by atoms with Gasteiger partial charge in [0, 0.05) is 18.7 Å². The van der Waals surface area contributed by atoms with Crippen molar-refractivity contribution in [3.05, 3.63) is 29.3 Å². The molecule has 0 aliphatic carbocycles. The van der Waals surface area contributed by atoms with E-state index < -0.39 is 23.2 Å². The molecule has 0 fully saturated rings. The molecule has 0 spiro atoms. The number of nitriles is 1. The number of hydrazine groups is 1. The number of hydrogen-bond acceptors (Lipinski definition) is 4. The van der Waals surface area contributed by atoms with E-state index in [1.54, 1.807) is 6.92 Å². The lowest BCUT2D eigenvalue weighted by Gasteiger charge is -2.19. The summed E-state index contributed by atoms with van der Waals surface area (Å²) in [6.45, 7) is 2.28. The first kappa shape index (κ1) is 14.9. The van der Waals surface area contributed by atoms with E-state index in [0.29, 0.717) is 6.54 Å². The summed E-state index contributed by atoms with van der Waals surface area (Å²) in [6, 6.07) is 3.74. The second-order valence-electron chi connectivity index (χ2n) is 3.75. The molecule has 1 rings (SSSR count). The largest absolute Gasteiger partial charge is 0.338 e. The van der Waals surface area contributed by atoms with Crippen LogP contribution in [0.1, 0.15) is 23.7 Å². The number of nitrogens with two attached hydrogens (primary N) is 1. The number of carbonyl (C=O) groups excluding carboxylic acids is 1. The maximum Gasteiger partial charge on any atom is 0.254 e. The molecule has 0 bridgehead atoms. The van der Waals surface area contributed by atoms with E-state index in [-0.39, 0.29) is 18.5 Å². The third-order valence-electron chi connectivity index (χ3n) is 2.60. The first-order chi connectivity index (χ1) is 9.04. The van der Waals surface area contributed by atoms with Gasteiger partial charge < -0.3 is 10.3 Å². The van der Waals surface area contributed by atoms with Crippen LogP contribution in [0.5, 0.6) is 0 Å². The van der Waals surface area contributed by atoms with Gasteiger partial charge in [-0.1, -0.05) is 0 Å². The zero-order chi connectivity index (χ0) is 14.4. The van der Waals surface area contributed by atoms with Crippen LogP contribution in [0.15, 0.2) is 12.1 Å². The van der Waals surface area contributed by atoms with Crippen LogP contribution in [0.25, 0.3) is 0 Å². The minimum atomic E-state index is -0.942. The summed E-state index contributed by atoms with van der Waals surface area (Å²) in [6.07, 6.45) is 0.160. The molecule has 1 aromatic rings. The highest BCUT2D eigenvalue weighted by Crippen LogP contribution is 2.20. The van der Waals surface area contributed by atoms with Gasteiger partial charge in [0.2, 0.25) is 0 Å². The minimum Gasteiger partial charge on any atom is -0.338 e. The molecule has 3 N–H and O–H groups in total. The molecule has 0 saturated carbocycles. The second-order valence-corrected chi connectivity index (χ2v) is 3.75. The Labute approximate surface area is 109 Å². The number of amides is 1. The number of halogens is 2. The summed E-state index contributed by atoms with van der Waals surface area (Å²) in [5.74, 6) is 2.55. The molecule has 1 amide bonds. The molecule has 0 unspecified atom stereocenters. The average Bonchev–Trinajstić information content (AvgIpc) is 2.39. The highest BCUT2D eigenvalue weighted by atomic mass is 19.1. The van der Waals surface area contributed by atoms with Crippen LogP contribution < -0.4 is 11.3 Å². The van der Waals surface area contributed by atoms with E-state index >= 15 is 0 Å². The number of rotatable bonds is 5. The van der Waals surface area contributed by atoms with E-state index in [4.69, 9.17) is 11.1 Å². The number of nitrogen functional groups attached to an aromatic ring is 1. The number of nitrogens with zero attached hydrogens (tertiary/aromatic N) is 2. The topological polar surface area (TPSA) is 82.2 Å². The van der Waals surface area contributed by atoms with Gasteiger partial charge in [0.1, 0.15) is 5.69 Å². The Morgan fingerprint density at radius 2 is 2.05 bits per heavy atom. The molecule has 0 heterocycles. The van der Waals surface area contributed by atoms with Crippen LogP contribution in [0.3, 0.4) is 0 Å². The van der Waals surface area contributed by atoms with Gasteiger partial charge in [-0.15, -0.1) is 0 Å². The van der Waals surface area contributed by atoms with Gasteiger partial charge in [0.05, 0.1) is 12.5 Å². The standard InChI is InChI=1S/C12H14F2N4O/c1-2-18(5-3-4-15)12(19)8-6-9(13)11(17-16)10(14)7-8/h6-7,17H,2-3,5,16H2,1H3. The van der Waals surface area contributed by atoms with Gasteiger partial charge in [-0.05, 0) is 19.1 Å². The Bertz CT molecular complexity index is 490. The molecular formula is C12H14F2N4O. The molecule has 1 aromatic carbocycles. The lowest BCUT2D eigenvalue weighted by molar-refractivity contribution is 0.0767. The maximum atomic E-state index is 13.5. The number of hydrogen-bond donors (Lipinski definition) is 2. The number of benzene rings is 1. The van der Waals surface area contributed by atoms with Crippen molar-refractivity contribution >= 4 is 11.6 Å². The smallest absolute Gasteiger partial charge is 0.254 e. The van der Waals surface area contributed by atoms with Gasteiger partial charge in [0.25, 0.3) is 5.91 Å². The van der Waals surface area contributed by atoms with Gasteiger partial charge in [-0.3, -0.25) is 10.6 Å². The van der Waals surface area contributed by atoms with Crippen molar-refractivity contribution in [2.45, 2.75) is 13.3 Å². The van der Waals surface area contributed by atoms with Gasteiger partial charge >= 0.3 is 0 Å². The molecular weight excluding hydrogens is 254 g/mol. The van der Waals surface area contributed by atoms with Gasteiger partial charge in [-0.25, -0.2) is 8.78 Å². The lowest BCUT2D eigenvalue weighted by atomic mass is 10.1. The van der Waals surface area contributed by atoms with Gasteiger partial charge in [-0.2, -0.15) is 5.26 Å². The van der Waals surface area contributed by atoms with Crippen LogP contribution in [0, 0.1) is 23.0 Å². The predicted molar refractivity (Wildman–Crippen MR) is 66.0 cm³/mol. The van der Waals surface area contributed by atoms with Crippen molar-refractivity contribution in [2.24, 2.45) is 5.84 Å². The molecule has 19 heavy (non-hydrogen) atoms. The van der Waals surface area contributed by atoms with Crippen LogP contribution in [-0.4, -0.2) is 23.9 Å². The summed E-state index contributed by atoms with van der Waals surface area (Å²) < 4.78 is 27.0. The maximum absolute atomic E-state index is 13.5. The fourth-order valence-electron chi connectivity index (χ4n) is 1.61. The lowest BCUT2D eigenvalue weighted by Crippen LogP contribution is -2.31. The first-order valence-corrected chi connectivity index (χ1v) is 5.67. The molecule has 0 aliphatic heterocycles. The van der Waals surface area contributed by atoms with Crippen molar-refractivity contribution in [3.63, 3.8) is 0 Å². The first-order valence-electron chi connectivity index (χ1n) is 5.67. The van der Waals surface area contributed by atoms with Crippen molar-refractivity contribution < 1.29 is 13.6 Å². The molecule has 0 saturated heterocycles. The minimum absolute atomic E-state index is 0.117. The molecule has 0 radical (unpaired) electrons. The third-order valence-corrected chi connectivity index (χ3v) is 2.60. The number of anilines is 1. The Morgan fingerprint density at radius 3 is 2.47 bits per heavy atom. The second kappa shape index (κ2) is 6.66. The zero-order valence-electron chi connectivity index (χ0n) is 10.4. The SMILES string of the molecule is CCN(CCC#N)C(=O)c1cc(F)c(NN)c(F)c1. The summed E-state index contributed by atoms with van der Waals surface area (Å²) in [7, 11) is 0. The predicted octanol–water partition coefficient (Wildman–Crippen LogP) is 1.63. The van der Waals surface area contributed by atoms with E-state index in [9.17, 15) is 13.6 Å². The highest BCUT2D eigenvalue weighted by molar-refractivity contribution is 5.94. The van der Waals surface area contributed by atoms with Crippen molar-refractivity contribution in [1.82, 2.24) is 4.90 Å². The zero-order valence-corrected chi connectivity index (χ0v) is 10.4. The van der Waals surface area contributed by atoms with Crippen molar-refractivity contribution in [1.29, 1.82) is 5.26 Å². The molecule has 5 nitrogen and oxygen atoms in total. The average molecular weight is 268 g/mol. The molecule has 102 valence electrons. The summed E-state index contributed by atoms with van der Waals surface area (Å²) in [4.78, 5) is 13.4. The van der Waals surface area contributed by atoms with E-state index in [2.05, 4.69) is 0 Å². The monoisotopic (exact) mass is 268 g/mol. The van der Waals surface area contributed by atoms with Crippen LogP contribution in [0.4, 0.5) is 14.5 Å². The molecule has 0 aliphatic rings. The third kappa shape index (κ3) is 3.39. The molecule has 7 heteroatoms. The van der Waals surface area contributed by atoms with Crippen molar-refractivity contribution in [3.8, 4) is 6.07 Å². The molecule has 0 atom stereocenters. The van der Waals surface area contributed by atoms with E-state index in [1.165, 1.54) is 4.90 Å². The number of carbonyl (C=O) groups is 1.